The summed E-state index contributed by atoms with van der Waals surface area (Å²) >= 11 is 5.91. The number of aromatic nitrogens is 1. The largest absolute Gasteiger partial charge is 0.351 e. The summed E-state index contributed by atoms with van der Waals surface area (Å²) in [6.07, 6.45) is 0.390. The van der Waals surface area contributed by atoms with Crippen molar-refractivity contribution in [1.29, 1.82) is 0 Å². The van der Waals surface area contributed by atoms with Gasteiger partial charge in [0.15, 0.2) is 0 Å². The predicted molar refractivity (Wildman–Crippen MR) is 112 cm³/mol. The van der Waals surface area contributed by atoms with E-state index in [1.165, 1.54) is 4.90 Å². The summed E-state index contributed by atoms with van der Waals surface area (Å²) in [5.41, 5.74) is 1.10. The number of amides is 4. The maximum atomic E-state index is 13.1. The summed E-state index contributed by atoms with van der Waals surface area (Å²) < 4.78 is 0. The first-order valence-electron chi connectivity index (χ1n) is 9.71. The van der Waals surface area contributed by atoms with Gasteiger partial charge >= 0.3 is 6.03 Å². The Hall–Kier alpha value is -3.32. The number of nitrogens with one attached hydrogen (secondary N) is 2. The lowest BCUT2D eigenvalue weighted by molar-refractivity contribution is -0.131. The van der Waals surface area contributed by atoms with Crippen LogP contribution >= 0.6 is 11.6 Å². The molecule has 2 fully saturated rings. The number of hydrogen-bond acceptors (Lipinski definition) is 3. The Morgan fingerprint density at radius 3 is 2.63 bits per heavy atom. The molecule has 1 spiro atoms. The lowest BCUT2D eigenvalue weighted by atomic mass is 9.99. The molecule has 0 saturated carbocycles. The topological polar surface area (TPSA) is 85.5 Å². The normalized spacial score (nSPS) is 21.1. The van der Waals surface area contributed by atoms with Crippen molar-refractivity contribution in [2.24, 2.45) is 0 Å². The molecule has 8 heteroatoms. The van der Waals surface area contributed by atoms with Crippen molar-refractivity contribution in [3.05, 3.63) is 70.9 Å². The minimum atomic E-state index is -1.06. The second-order valence-corrected chi connectivity index (χ2v) is 8.21. The first-order valence-corrected chi connectivity index (χ1v) is 10.1. The molecule has 0 bridgehead atoms. The standard InChI is InChI=1S/C22H19ClN4O3/c23-16-7-5-14(6-8-16)12-27-20(29)22(25-21(27)30)9-10-26(13-22)19(28)18-11-15-3-1-2-4-17(15)24-18/h1-8,11,24H,9-10,12-13H2,(H,25,30). The molecule has 4 amide bonds. The number of nitrogens with zero attached hydrogens (tertiary/aromatic N) is 2. The van der Waals surface area contributed by atoms with Crippen molar-refractivity contribution in [3.8, 4) is 0 Å². The Morgan fingerprint density at radius 2 is 1.87 bits per heavy atom. The quantitative estimate of drug-likeness (QED) is 0.636. The van der Waals surface area contributed by atoms with E-state index in [1.54, 1.807) is 29.2 Å². The fraction of sp³-hybridized carbons (Fsp3) is 0.227. The molecule has 1 aromatic heterocycles. The smallest absolute Gasteiger partial charge is 0.325 e. The summed E-state index contributed by atoms with van der Waals surface area (Å²) in [5.74, 6) is -0.476. The Kier molecular flexibility index (Phi) is 4.29. The molecule has 0 aliphatic carbocycles. The van der Waals surface area contributed by atoms with E-state index >= 15 is 0 Å². The molecule has 2 aliphatic heterocycles. The fourth-order valence-corrected chi connectivity index (χ4v) is 4.34. The molecule has 2 N–H and O–H groups in total. The Bertz CT molecular complexity index is 1140. The number of benzene rings is 2. The number of aromatic amines is 1. The molecule has 7 nitrogen and oxygen atoms in total. The van der Waals surface area contributed by atoms with Crippen LogP contribution in [0.15, 0.2) is 54.6 Å². The van der Waals surface area contributed by atoms with Crippen molar-refractivity contribution < 1.29 is 14.4 Å². The van der Waals surface area contributed by atoms with E-state index in [9.17, 15) is 14.4 Å². The van der Waals surface area contributed by atoms with Crippen molar-refractivity contribution in [2.45, 2.75) is 18.5 Å². The molecule has 2 aromatic carbocycles. The molecular weight excluding hydrogens is 404 g/mol. The maximum Gasteiger partial charge on any atom is 0.325 e. The van der Waals surface area contributed by atoms with Gasteiger partial charge in [-0.25, -0.2) is 4.79 Å². The van der Waals surface area contributed by atoms with E-state index in [0.717, 1.165) is 16.5 Å². The highest BCUT2D eigenvalue weighted by Crippen LogP contribution is 2.31. The van der Waals surface area contributed by atoms with Gasteiger partial charge in [-0.2, -0.15) is 0 Å². The molecule has 30 heavy (non-hydrogen) atoms. The summed E-state index contributed by atoms with van der Waals surface area (Å²) in [6, 6.07) is 16.1. The second kappa shape index (κ2) is 6.88. The van der Waals surface area contributed by atoms with Gasteiger partial charge in [0.25, 0.3) is 11.8 Å². The van der Waals surface area contributed by atoms with E-state index in [-0.39, 0.29) is 24.9 Å². The van der Waals surface area contributed by atoms with Gasteiger partial charge in [0.2, 0.25) is 0 Å². The monoisotopic (exact) mass is 422 g/mol. The predicted octanol–water partition coefficient (Wildman–Crippen LogP) is 3.16. The summed E-state index contributed by atoms with van der Waals surface area (Å²) in [6.45, 7) is 0.720. The highest BCUT2D eigenvalue weighted by molar-refractivity contribution is 6.30. The number of halogens is 1. The van der Waals surface area contributed by atoms with Crippen LogP contribution in [-0.2, 0) is 11.3 Å². The fourth-order valence-electron chi connectivity index (χ4n) is 4.21. The number of carbonyl (C=O) groups is 3. The number of imide groups is 1. The van der Waals surface area contributed by atoms with Crippen LogP contribution in [0.25, 0.3) is 10.9 Å². The number of hydrogen-bond donors (Lipinski definition) is 2. The molecule has 0 radical (unpaired) electrons. The SMILES string of the molecule is O=C(c1cc2ccccc2[nH]1)N1CCC2(C1)NC(=O)N(Cc1ccc(Cl)cc1)C2=O. The zero-order valence-electron chi connectivity index (χ0n) is 16.0. The third-order valence-corrected chi connectivity index (χ3v) is 6.07. The Morgan fingerprint density at radius 1 is 1.10 bits per heavy atom. The average molecular weight is 423 g/mol. The number of fused-ring (bicyclic) bond motifs is 1. The molecule has 1 unspecified atom stereocenters. The number of para-hydroxylation sites is 1. The summed E-state index contributed by atoms with van der Waals surface area (Å²) in [4.78, 5) is 44.6. The lowest BCUT2D eigenvalue weighted by Crippen LogP contribution is -2.49. The minimum Gasteiger partial charge on any atom is -0.351 e. The van der Waals surface area contributed by atoms with Crippen LogP contribution in [0.2, 0.25) is 5.02 Å². The van der Waals surface area contributed by atoms with Gasteiger partial charge in [-0.1, -0.05) is 41.9 Å². The third-order valence-electron chi connectivity index (χ3n) is 5.82. The number of carbonyl (C=O) groups excluding carboxylic acids is 3. The van der Waals surface area contributed by atoms with Gasteiger partial charge in [0.1, 0.15) is 11.2 Å². The van der Waals surface area contributed by atoms with Crippen LogP contribution in [0.3, 0.4) is 0 Å². The van der Waals surface area contributed by atoms with Crippen LogP contribution in [0.4, 0.5) is 4.79 Å². The molecule has 152 valence electrons. The highest BCUT2D eigenvalue weighted by Gasteiger charge is 2.55. The first-order chi connectivity index (χ1) is 14.4. The van der Waals surface area contributed by atoms with Gasteiger partial charge in [0, 0.05) is 22.5 Å². The maximum absolute atomic E-state index is 13.1. The van der Waals surface area contributed by atoms with Gasteiger partial charge in [-0.05, 0) is 36.2 Å². The van der Waals surface area contributed by atoms with Crippen molar-refractivity contribution >= 4 is 40.3 Å². The van der Waals surface area contributed by atoms with Crippen LogP contribution in [0, 0.1) is 0 Å². The Balaban J connectivity index is 1.33. The Labute approximate surface area is 177 Å². The van der Waals surface area contributed by atoms with Crippen molar-refractivity contribution in [1.82, 2.24) is 20.1 Å². The summed E-state index contributed by atoms with van der Waals surface area (Å²) in [5, 5.41) is 4.38. The number of H-pyrrole nitrogens is 1. The number of urea groups is 1. The molecule has 2 aliphatic rings. The lowest BCUT2D eigenvalue weighted by Gasteiger charge is -2.22. The first kappa shape index (κ1) is 18.7. The van der Waals surface area contributed by atoms with E-state index in [1.807, 2.05) is 30.3 Å². The second-order valence-electron chi connectivity index (χ2n) is 7.78. The zero-order valence-corrected chi connectivity index (χ0v) is 16.8. The van der Waals surface area contributed by atoms with Gasteiger partial charge < -0.3 is 15.2 Å². The number of rotatable bonds is 3. The van der Waals surface area contributed by atoms with Crippen LogP contribution < -0.4 is 5.32 Å². The minimum absolute atomic E-state index is 0.156. The molecule has 5 rings (SSSR count). The van der Waals surface area contributed by atoms with E-state index in [4.69, 9.17) is 11.6 Å². The third kappa shape index (κ3) is 3.02. The van der Waals surface area contributed by atoms with E-state index in [2.05, 4.69) is 10.3 Å². The summed E-state index contributed by atoms with van der Waals surface area (Å²) in [7, 11) is 0. The van der Waals surface area contributed by atoms with Crippen molar-refractivity contribution in [2.75, 3.05) is 13.1 Å². The van der Waals surface area contributed by atoms with E-state index in [0.29, 0.717) is 23.7 Å². The molecule has 3 aromatic rings. The zero-order chi connectivity index (χ0) is 20.9. The van der Waals surface area contributed by atoms with Gasteiger partial charge in [0.05, 0.1) is 13.1 Å². The van der Waals surface area contributed by atoms with Crippen LogP contribution in [0.5, 0.6) is 0 Å². The molecule has 1 atom stereocenters. The molecular formula is C22H19ClN4O3. The van der Waals surface area contributed by atoms with Crippen LogP contribution in [-0.4, -0.2) is 51.3 Å². The van der Waals surface area contributed by atoms with Gasteiger partial charge in [-0.3, -0.25) is 14.5 Å². The molecule has 3 heterocycles. The molecule has 2 saturated heterocycles. The van der Waals surface area contributed by atoms with Crippen molar-refractivity contribution in [3.63, 3.8) is 0 Å². The van der Waals surface area contributed by atoms with Gasteiger partial charge in [-0.15, -0.1) is 0 Å². The highest BCUT2D eigenvalue weighted by atomic mass is 35.5. The van der Waals surface area contributed by atoms with E-state index < -0.39 is 11.6 Å². The number of likely N-dealkylation sites (tertiary alicyclic amines) is 1. The van der Waals surface area contributed by atoms with Crippen LogP contribution in [0.1, 0.15) is 22.5 Å². The average Bonchev–Trinajstić information content (AvgIpc) is 3.42.